The third kappa shape index (κ3) is 6.09. The van der Waals surface area contributed by atoms with E-state index >= 15 is 0 Å². The molecule has 11 heteroatoms. The molecule has 5 rings (SSSR count). The second-order valence-corrected chi connectivity index (χ2v) is 9.55. The van der Waals surface area contributed by atoms with Gasteiger partial charge in [0.2, 0.25) is 17.7 Å². The maximum Gasteiger partial charge on any atom is 0.242 e. The van der Waals surface area contributed by atoms with Crippen LogP contribution in [0.3, 0.4) is 0 Å². The summed E-state index contributed by atoms with van der Waals surface area (Å²) in [4.78, 5) is 37.4. The molecule has 0 aliphatic rings. The van der Waals surface area contributed by atoms with Gasteiger partial charge in [0.05, 0.1) is 41.6 Å². The van der Waals surface area contributed by atoms with Crippen molar-refractivity contribution in [3.05, 3.63) is 66.6 Å². The molecule has 3 aromatic heterocycles. The highest BCUT2D eigenvalue weighted by Crippen LogP contribution is 2.31. The van der Waals surface area contributed by atoms with Crippen LogP contribution in [0.2, 0.25) is 0 Å². The minimum Gasteiger partial charge on any atom is -0.480 e. The van der Waals surface area contributed by atoms with E-state index in [2.05, 4.69) is 35.9 Å². The first-order chi connectivity index (χ1) is 19.6. The van der Waals surface area contributed by atoms with Crippen molar-refractivity contribution in [3.63, 3.8) is 0 Å². The monoisotopic (exact) mass is 540 g/mol. The molecule has 1 atom stereocenters. The van der Waals surface area contributed by atoms with E-state index in [0.717, 1.165) is 52.5 Å². The number of pyridine rings is 1. The second-order valence-electron chi connectivity index (χ2n) is 9.55. The summed E-state index contributed by atoms with van der Waals surface area (Å²) in [5, 5.41) is 15.0. The first-order valence-electron chi connectivity index (χ1n) is 13.3. The Morgan fingerprint density at radius 2 is 1.82 bits per heavy atom. The number of unbranched alkanes of at least 4 members (excludes halogenated alkanes) is 2. The first-order valence-corrected chi connectivity index (χ1v) is 13.3. The van der Waals surface area contributed by atoms with Crippen LogP contribution in [0.1, 0.15) is 44.0 Å². The van der Waals surface area contributed by atoms with Crippen LogP contribution in [-0.2, 0) is 16.1 Å². The summed E-state index contributed by atoms with van der Waals surface area (Å²) in [5.74, 6) is 0.947. The highest BCUT2D eigenvalue weighted by molar-refractivity contribution is 5.85. The molecule has 206 valence electrons. The average molecular weight is 541 g/mol. The number of methoxy groups -OCH3 is 1. The van der Waals surface area contributed by atoms with Gasteiger partial charge in [-0.2, -0.15) is 0 Å². The van der Waals surface area contributed by atoms with Crippen molar-refractivity contribution in [1.82, 2.24) is 40.6 Å². The zero-order chi connectivity index (χ0) is 27.9. The molecule has 0 aliphatic carbocycles. The Balaban J connectivity index is 1.35. The quantitative estimate of drug-likeness (QED) is 0.204. The van der Waals surface area contributed by atoms with Gasteiger partial charge in [0.25, 0.3) is 0 Å². The molecule has 2 aromatic carbocycles. The molecular weight excluding hydrogens is 508 g/mol. The van der Waals surface area contributed by atoms with Gasteiger partial charge in [0.15, 0.2) is 0 Å². The van der Waals surface area contributed by atoms with Crippen LogP contribution in [0.15, 0.2) is 60.8 Å². The number of nitrogens with one attached hydrogen (secondary N) is 3. The Morgan fingerprint density at radius 1 is 1.02 bits per heavy atom. The molecule has 3 heterocycles. The van der Waals surface area contributed by atoms with E-state index in [0.29, 0.717) is 24.5 Å². The number of aromatic nitrogens is 6. The zero-order valence-electron chi connectivity index (χ0n) is 22.6. The lowest BCUT2D eigenvalue weighted by Crippen LogP contribution is -2.32. The SMILES string of the molecule is CNC(=O)CCCCCC(NC(=O)Cn1nnc2ccccc21)c1ncc(-c2cc3ccccc3nc2OC)[nH]1. The van der Waals surface area contributed by atoms with Crippen molar-refractivity contribution in [2.45, 2.75) is 44.7 Å². The topological polar surface area (TPSA) is 140 Å². The van der Waals surface area contributed by atoms with Crippen LogP contribution < -0.4 is 15.4 Å². The number of benzene rings is 2. The van der Waals surface area contributed by atoms with E-state index in [9.17, 15) is 9.59 Å². The van der Waals surface area contributed by atoms with E-state index in [1.807, 2.05) is 54.6 Å². The number of hydrogen-bond acceptors (Lipinski definition) is 7. The second kappa shape index (κ2) is 12.4. The highest BCUT2D eigenvalue weighted by Gasteiger charge is 2.21. The van der Waals surface area contributed by atoms with Gasteiger partial charge in [-0.3, -0.25) is 9.59 Å². The fraction of sp³-hybridized carbons (Fsp3) is 0.310. The standard InChI is InChI=1S/C29H32N8O3/c1-30-26(38)15-5-3-4-13-23(32-27(39)18-37-25-14-9-8-12-22(25)35-36-37)28-31-17-24(33-28)20-16-19-10-6-7-11-21(19)34-29(20)40-2/h6-12,14,16-17,23H,3-5,13,15,18H2,1-2H3,(H,30,38)(H,31,33)(H,32,39). The number of nitrogens with zero attached hydrogens (tertiary/aromatic N) is 5. The Bertz CT molecular complexity index is 1630. The molecule has 3 N–H and O–H groups in total. The maximum atomic E-state index is 13.2. The third-order valence-corrected chi connectivity index (χ3v) is 6.82. The van der Waals surface area contributed by atoms with Crippen LogP contribution in [0.4, 0.5) is 0 Å². The largest absolute Gasteiger partial charge is 0.480 e. The molecule has 0 spiro atoms. The lowest BCUT2D eigenvalue weighted by atomic mass is 10.1. The summed E-state index contributed by atoms with van der Waals surface area (Å²) in [6.45, 7) is 0.0314. The summed E-state index contributed by atoms with van der Waals surface area (Å²) in [5.41, 5.74) is 3.89. The van der Waals surface area contributed by atoms with Crippen LogP contribution in [0, 0.1) is 0 Å². The molecular formula is C29H32N8O3. The van der Waals surface area contributed by atoms with Gasteiger partial charge >= 0.3 is 0 Å². The van der Waals surface area contributed by atoms with Crippen LogP contribution in [-0.4, -0.2) is 55.9 Å². The van der Waals surface area contributed by atoms with E-state index in [1.54, 1.807) is 25.0 Å². The van der Waals surface area contributed by atoms with E-state index in [4.69, 9.17) is 4.74 Å². The predicted molar refractivity (Wildman–Crippen MR) is 151 cm³/mol. The van der Waals surface area contributed by atoms with Crippen molar-refractivity contribution in [3.8, 4) is 17.1 Å². The summed E-state index contributed by atoms with van der Waals surface area (Å²) in [6.07, 6.45) is 5.30. The van der Waals surface area contributed by atoms with Crippen molar-refractivity contribution >= 4 is 33.8 Å². The van der Waals surface area contributed by atoms with Gasteiger partial charge in [-0.1, -0.05) is 48.4 Å². The third-order valence-electron chi connectivity index (χ3n) is 6.82. The predicted octanol–water partition coefficient (Wildman–Crippen LogP) is 3.93. The minimum atomic E-state index is -0.365. The number of fused-ring (bicyclic) bond motifs is 2. The lowest BCUT2D eigenvalue weighted by molar-refractivity contribution is -0.122. The number of carbonyl (C=O) groups is 2. The van der Waals surface area contributed by atoms with Gasteiger partial charge in [0.1, 0.15) is 17.9 Å². The van der Waals surface area contributed by atoms with Crippen LogP contribution in [0.5, 0.6) is 5.88 Å². The Labute approximate surface area is 231 Å². The number of carbonyl (C=O) groups excluding carboxylic acids is 2. The number of imidazole rings is 1. The Morgan fingerprint density at radius 3 is 2.65 bits per heavy atom. The molecule has 0 aliphatic heterocycles. The maximum absolute atomic E-state index is 13.2. The van der Waals surface area contributed by atoms with Crippen molar-refractivity contribution < 1.29 is 14.3 Å². The smallest absolute Gasteiger partial charge is 0.242 e. The molecule has 0 fully saturated rings. The van der Waals surface area contributed by atoms with Crippen LogP contribution in [0.25, 0.3) is 33.2 Å². The summed E-state index contributed by atoms with van der Waals surface area (Å²) < 4.78 is 7.17. The molecule has 5 aromatic rings. The molecule has 0 bridgehead atoms. The lowest BCUT2D eigenvalue weighted by Gasteiger charge is -2.17. The van der Waals surface area contributed by atoms with E-state index in [-0.39, 0.29) is 24.4 Å². The number of aromatic amines is 1. The molecule has 40 heavy (non-hydrogen) atoms. The molecule has 2 amide bonds. The van der Waals surface area contributed by atoms with Crippen LogP contribution >= 0.6 is 0 Å². The summed E-state index contributed by atoms with van der Waals surface area (Å²) in [7, 11) is 3.23. The zero-order valence-corrected chi connectivity index (χ0v) is 22.6. The minimum absolute atomic E-state index is 0.0264. The number of hydrogen-bond donors (Lipinski definition) is 3. The Kier molecular flexibility index (Phi) is 8.29. The molecule has 11 nitrogen and oxygen atoms in total. The van der Waals surface area contributed by atoms with Crippen molar-refractivity contribution in [1.29, 1.82) is 0 Å². The number of para-hydroxylation sites is 2. The number of H-pyrrole nitrogens is 1. The Hall–Kier alpha value is -4.80. The highest BCUT2D eigenvalue weighted by atomic mass is 16.5. The van der Waals surface area contributed by atoms with Crippen molar-refractivity contribution in [2.24, 2.45) is 0 Å². The van der Waals surface area contributed by atoms with Gasteiger partial charge in [-0.15, -0.1) is 5.10 Å². The summed E-state index contributed by atoms with van der Waals surface area (Å²) in [6, 6.07) is 17.0. The number of ether oxygens (including phenoxy) is 1. The van der Waals surface area contributed by atoms with Gasteiger partial charge < -0.3 is 20.4 Å². The first kappa shape index (κ1) is 26.8. The summed E-state index contributed by atoms with van der Waals surface area (Å²) >= 11 is 0. The van der Waals surface area contributed by atoms with E-state index < -0.39 is 0 Å². The molecule has 0 saturated carbocycles. The molecule has 1 unspecified atom stereocenters. The van der Waals surface area contributed by atoms with Gasteiger partial charge in [-0.05, 0) is 37.1 Å². The van der Waals surface area contributed by atoms with Gasteiger partial charge in [0, 0.05) is 18.9 Å². The molecule has 0 saturated heterocycles. The van der Waals surface area contributed by atoms with E-state index in [1.165, 1.54) is 0 Å². The fourth-order valence-electron chi connectivity index (χ4n) is 4.72. The van der Waals surface area contributed by atoms with Crippen molar-refractivity contribution in [2.75, 3.05) is 14.2 Å². The number of amides is 2. The fourth-order valence-corrected chi connectivity index (χ4v) is 4.72. The van der Waals surface area contributed by atoms with Gasteiger partial charge in [-0.25, -0.2) is 14.6 Å². The average Bonchev–Trinajstić information content (AvgIpc) is 3.63. The normalized spacial score (nSPS) is 11.9. The molecule has 0 radical (unpaired) electrons. The number of rotatable bonds is 12.